The average Bonchev–Trinajstić information content (AvgIpc) is 2.77. The van der Waals surface area contributed by atoms with Gasteiger partial charge in [0.15, 0.2) is 6.29 Å². The summed E-state index contributed by atoms with van der Waals surface area (Å²) in [6.07, 6.45) is 0.695. The van der Waals surface area contributed by atoms with Crippen molar-refractivity contribution in [2.75, 3.05) is 0 Å². The highest BCUT2D eigenvalue weighted by Crippen LogP contribution is 2.22. The molecule has 1 heterocycles. The number of hydrogen-bond donors (Lipinski definition) is 1. The van der Waals surface area contributed by atoms with E-state index in [1.807, 2.05) is 0 Å². The number of carbonyl (C=O) groups is 1. The van der Waals surface area contributed by atoms with Gasteiger partial charge in [0, 0.05) is 23.4 Å². The monoisotopic (exact) mass is 216 g/mol. The van der Waals surface area contributed by atoms with E-state index >= 15 is 0 Å². The largest absolute Gasteiger partial charge is 0.352 e. The summed E-state index contributed by atoms with van der Waals surface area (Å²) in [5.74, 6) is 0. The molecule has 0 radical (unpaired) electrons. The number of benzene rings is 1. The van der Waals surface area contributed by atoms with Crippen LogP contribution in [0.15, 0.2) is 36.4 Å². The van der Waals surface area contributed by atoms with Gasteiger partial charge in [-0.15, -0.1) is 0 Å². The summed E-state index contributed by atoms with van der Waals surface area (Å²) in [6.45, 7) is 0. The summed E-state index contributed by atoms with van der Waals surface area (Å²) >= 11 is 0. The number of carbonyl (C=O) groups excluding carboxylic acids is 1. The summed E-state index contributed by atoms with van der Waals surface area (Å²) in [6, 6.07) is 9.57. The molecule has 16 heavy (non-hydrogen) atoms. The molecule has 1 aromatic carbocycles. The van der Waals surface area contributed by atoms with Crippen molar-refractivity contribution in [2.24, 2.45) is 0 Å². The molecule has 0 aliphatic rings. The Morgan fingerprint density at radius 3 is 2.69 bits per heavy atom. The second-order valence-electron chi connectivity index (χ2n) is 3.25. The van der Waals surface area contributed by atoms with Gasteiger partial charge in [-0.1, -0.05) is 12.1 Å². The van der Waals surface area contributed by atoms with E-state index < -0.39 is 4.92 Å². The molecule has 1 aromatic heterocycles. The highest BCUT2D eigenvalue weighted by atomic mass is 16.6. The summed E-state index contributed by atoms with van der Waals surface area (Å²) in [5.41, 5.74) is 1.84. The first kappa shape index (κ1) is 10.1. The second kappa shape index (κ2) is 3.98. The van der Waals surface area contributed by atoms with Crippen LogP contribution in [0.25, 0.3) is 11.3 Å². The number of nitro groups is 1. The second-order valence-corrected chi connectivity index (χ2v) is 3.25. The Kier molecular flexibility index (Phi) is 2.51. The molecular weight excluding hydrogens is 208 g/mol. The Labute approximate surface area is 90.9 Å². The maximum absolute atomic E-state index is 10.6. The van der Waals surface area contributed by atoms with Gasteiger partial charge in [0.25, 0.3) is 5.69 Å². The van der Waals surface area contributed by atoms with Crippen LogP contribution in [0.2, 0.25) is 0 Å². The smallest absolute Gasteiger partial charge is 0.270 e. The highest BCUT2D eigenvalue weighted by molar-refractivity contribution is 5.75. The number of nitrogens with one attached hydrogen (secondary N) is 1. The summed E-state index contributed by atoms with van der Waals surface area (Å²) in [4.78, 5) is 23.5. The molecule has 0 saturated carbocycles. The third kappa shape index (κ3) is 1.83. The lowest BCUT2D eigenvalue weighted by molar-refractivity contribution is -0.384. The Balaban J connectivity index is 2.43. The summed E-state index contributed by atoms with van der Waals surface area (Å²) in [7, 11) is 0. The van der Waals surface area contributed by atoms with Crippen LogP contribution in [0, 0.1) is 10.1 Å². The summed E-state index contributed by atoms with van der Waals surface area (Å²) in [5, 5.41) is 10.6. The van der Waals surface area contributed by atoms with Crippen molar-refractivity contribution < 1.29 is 9.72 Å². The van der Waals surface area contributed by atoms with Gasteiger partial charge in [-0.05, 0) is 12.1 Å². The van der Waals surface area contributed by atoms with Gasteiger partial charge in [-0.25, -0.2) is 0 Å². The number of rotatable bonds is 3. The number of aromatic nitrogens is 1. The minimum Gasteiger partial charge on any atom is -0.352 e. The molecule has 0 bridgehead atoms. The fourth-order valence-electron chi connectivity index (χ4n) is 1.44. The number of nitro benzene ring substituents is 1. The predicted molar refractivity (Wildman–Crippen MR) is 58.3 cm³/mol. The van der Waals surface area contributed by atoms with Crippen molar-refractivity contribution in [2.45, 2.75) is 0 Å². The van der Waals surface area contributed by atoms with E-state index in [4.69, 9.17) is 0 Å². The molecule has 0 amide bonds. The molecule has 0 aliphatic heterocycles. The normalized spacial score (nSPS) is 10.0. The molecule has 2 rings (SSSR count). The van der Waals surface area contributed by atoms with Crippen LogP contribution in [0.3, 0.4) is 0 Å². The minimum absolute atomic E-state index is 0.0275. The first-order valence-corrected chi connectivity index (χ1v) is 4.60. The minimum atomic E-state index is -0.451. The van der Waals surface area contributed by atoms with Gasteiger partial charge in [-0.2, -0.15) is 0 Å². The fraction of sp³-hybridized carbons (Fsp3) is 0. The topological polar surface area (TPSA) is 76.0 Å². The van der Waals surface area contributed by atoms with Gasteiger partial charge < -0.3 is 4.98 Å². The lowest BCUT2D eigenvalue weighted by Crippen LogP contribution is -1.88. The van der Waals surface area contributed by atoms with Crippen molar-refractivity contribution in [1.82, 2.24) is 4.98 Å². The number of aromatic amines is 1. The molecule has 2 aromatic rings. The number of H-pyrrole nitrogens is 1. The van der Waals surface area contributed by atoms with E-state index in [9.17, 15) is 14.9 Å². The Hall–Kier alpha value is -2.43. The molecule has 0 saturated heterocycles. The number of non-ortho nitro benzene ring substituents is 1. The molecule has 0 unspecified atom stereocenters. The van der Waals surface area contributed by atoms with Crippen LogP contribution in [-0.4, -0.2) is 16.2 Å². The van der Waals surface area contributed by atoms with Crippen molar-refractivity contribution in [3.63, 3.8) is 0 Å². The van der Waals surface area contributed by atoms with Crippen LogP contribution in [0.1, 0.15) is 10.5 Å². The zero-order valence-electron chi connectivity index (χ0n) is 8.21. The summed E-state index contributed by atoms with van der Waals surface area (Å²) < 4.78 is 0. The fourth-order valence-corrected chi connectivity index (χ4v) is 1.44. The van der Waals surface area contributed by atoms with Crippen LogP contribution in [-0.2, 0) is 0 Å². The lowest BCUT2D eigenvalue weighted by Gasteiger charge is -1.97. The van der Waals surface area contributed by atoms with Gasteiger partial charge in [-0.3, -0.25) is 14.9 Å². The zero-order valence-corrected chi connectivity index (χ0v) is 8.21. The van der Waals surface area contributed by atoms with E-state index in [-0.39, 0.29) is 5.69 Å². The Bertz CT molecular complexity index is 546. The molecule has 1 N–H and O–H groups in total. The lowest BCUT2D eigenvalue weighted by atomic mass is 10.1. The van der Waals surface area contributed by atoms with Crippen LogP contribution >= 0.6 is 0 Å². The molecule has 5 nitrogen and oxygen atoms in total. The molecule has 80 valence electrons. The van der Waals surface area contributed by atoms with E-state index in [1.165, 1.54) is 12.1 Å². The average molecular weight is 216 g/mol. The van der Waals surface area contributed by atoms with Gasteiger partial charge in [0.1, 0.15) is 0 Å². The Morgan fingerprint density at radius 1 is 1.25 bits per heavy atom. The maximum Gasteiger partial charge on any atom is 0.270 e. The van der Waals surface area contributed by atoms with Crippen LogP contribution < -0.4 is 0 Å². The van der Waals surface area contributed by atoms with Crippen molar-refractivity contribution in [3.8, 4) is 11.3 Å². The standard InChI is InChI=1S/C11H8N2O3/c14-7-9-4-5-11(12-9)8-2-1-3-10(6-8)13(15)16/h1-7,12H. The quantitative estimate of drug-likeness (QED) is 0.486. The zero-order chi connectivity index (χ0) is 11.5. The van der Waals surface area contributed by atoms with E-state index in [0.717, 1.165) is 0 Å². The molecule has 0 aliphatic carbocycles. The first-order chi connectivity index (χ1) is 7.70. The molecule has 0 spiro atoms. The third-order valence-corrected chi connectivity index (χ3v) is 2.20. The van der Waals surface area contributed by atoms with Crippen molar-refractivity contribution in [1.29, 1.82) is 0 Å². The Morgan fingerprint density at radius 2 is 2.06 bits per heavy atom. The van der Waals surface area contributed by atoms with Gasteiger partial charge in [0.05, 0.1) is 10.6 Å². The van der Waals surface area contributed by atoms with Gasteiger partial charge >= 0.3 is 0 Å². The first-order valence-electron chi connectivity index (χ1n) is 4.60. The molecule has 5 heteroatoms. The maximum atomic E-state index is 10.6. The molecular formula is C11H8N2O3. The number of aldehydes is 1. The van der Waals surface area contributed by atoms with E-state index in [1.54, 1.807) is 24.3 Å². The van der Waals surface area contributed by atoms with Crippen LogP contribution in [0.5, 0.6) is 0 Å². The van der Waals surface area contributed by atoms with Crippen molar-refractivity contribution in [3.05, 3.63) is 52.2 Å². The van der Waals surface area contributed by atoms with Crippen LogP contribution in [0.4, 0.5) is 5.69 Å². The SMILES string of the molecule is O=Cc1ccc(-c2cccc([N+](=O)[O-])c2)[nH]1. The molecule has 0 fully saturated rings. The third-order valence-electron chi connectivity index (χ3n) is 2.20. The van der Waals surface area contributed by atoms with E-state index in [0.29, 0.717) is 23.2 Å². The highest BCUT2D eigenvalue weighted by Gasteiger charge is 2.07. The van der Waals surface area contributed by atoms with Gasteiger partial charge in [0.2, 0.25) is 0 Å². The number of hydrogen-bond acceptors (Lipinski definition) is 3. The van der Waals surface area contributed by atoms with E-state index in [2.05, 4.69) is 4.98 Å². The number of nitrogens with zero attached hydrogens (tertiary/aromatic N) is 1. The van der Waals surface area contributed by atoms with Crippen molar-refractivity contribution >= 4 is 12.0 Å². The predicted octanol–water partition coefficient (Wildman–Crippen LogP) is 2.40. The molecule has 0 atom stereocenters.